The fraction of sp³-hybridized carbons (Fsp3) is 0.778. The van der Waals surface area contributed by atoms with E-state index in [4.69, 9.17) is 11.6 Å². The van der Waals surface area contributed by atoms with E-state index in [1.165, 1.54) is 49.8 Å². The molecular formula is C18H25ClS. The summed E-state index contributed by atoms with van der Waals surface area (Å²) < 4.78 is 0. The molecule has 0 spiro atoms. The third-order valence-electron chi connectivity index (χ3n) is 6.21. The normalized spacial score (nSPS) is 47.6. The van der Waals surface area contributed by atoms with Gasteiger partial charge in [0.25, 0.3) is 0 Å². The molecule has 4 fully saturated rings. The van der Waals surface area contributed by atoms with Crippen LogP contribution in [0.2, 0.25) is 0 Å². The first-order chi connectivity index (χ1) is 9.40. The van der Waals surface area contributed by atoms with Crippen molar-refractivity contribution in [1.29, 1.82) is 0 Å². The van der Waals surface area contributed by atoms with Gasteiger partial charge in [-0.25, -0.2) is 0 Å². The lowest BCUT2D eigenvalue weighted by atomic mass is 9.40. The lowest BCUT2D eigenvalue weighted by Gasteiger charge is -2.66. The molecule has 1 aromatic rings. The number of rotatable bonds is 3. The average molecular weight is 309 g/mol. The highest BCUT2D eigenvalue weighted by Crippen LogP contribution is 2.71. The van der Waals surface area contributed by atoms with Crippen LogP contribution in [0.1, 0.15) is 69.0 Å². The quantitative estimate of drug-likeness (QED) is 0.566. The zero-order valence-corrected chi connectivity index (χ0v) is 14.2. The second kappa shape index (κ2) is 4.26. The summed E-state index contributed by atoms with van der Waals surface area (Å²) in [4.78, 5) is 1.37. The zero-order chi connectivity index (χ0) is 14.0. The standard InChI is InChI=1S/C18H25ClS/c1-16-6-13-7-17(2,10-16)12-18(8-13,11-16)9-14(19)15-4-3-5-20-15/h3-5,13-14H,6-12H2,1-2H3. The van der Waals surface area contributed by atoms with Gasteiger partial charge in [-0.2, -0.15) is 0 Å². The van der Waals surface area contributed by atoms with Gasteiger partial charge in [0.1, 0.15) is 0 Å². The summed E-state index contributed by atoms with van der Waals surface area (Å²) in [6, 6.07) is 4.35. The Morgan fingerprint density at radius 1 is 1.20 bits per heavy atom. The second-order valence-electron chi connectivity index (χ2n) is 8.82. The Morgan fingerprint density at radius 2 is 1.90 bits per heavy atom. The molecule has 1 aromatic heterocycles. The fourth-order valence-electron chi connectivity index (χ4n) is 6.86. The Labute approximate surface area is 131 Å². The largest absolute Gasteiger partial charge is 0.147 e. The topological polar surface area (TPSA) is 0 Å². The van der Waals surface area contributed by atoms with Crippen LogP contribution in [0.5, 0.6) is 0 Å². The maximum atomic E-state index is 6.78. The molecule has 0 N–H and O–H groups in total. The van der Waals surface area contributed by atoms with E-state index in [-0.39, 0.29) is 5.38 Å². The Kier molecular flexibility index (Phi) is 2.90. The average Bonchev–Trinajstić information content (AvgIpc) is 2.75. The minimum Gasteiger partial charge on any atom is -0.147 e. The first-order valence-corrected chi connectivity index (χ1v) is 9.39. The lowest BCUT2D eigenvalue weighted by molar-refractivity contribution is -0.147. The van der Waals surface area contributed by atoms with Crippen LogP contribution in [0, 0.1) is 22.2 Å². The fourth-order valence-corrected chi connectivity index (χ4v) is 8.12. The monoisotopic (exact) mass is 308 g/mol. The van der Waals surface area contributed by atoms with Crippen molar-refractivity contribution in [2.45, 2.75) is 64.2 Å². The molecule has 2 heteroatoms. The minimum atomic E-state index is 0.235. The number of alkyl halides is 1. The molecule has 1 heterocycles. The van der Waals surface area contributed by atoms with Gasteiger partial charge < -0.3 is 0 Å². The van der Waals surface area contributed by atoms with E-state index in [9.17, 15) is 0 Å². The Bertz CT molecular complexity index is 487. The summed E-state index contributed by atoms with van der Waals surface area (Å²) in [5.41, 5.74) is 1.76. The minimum absolute atomic E-state index is 0.235. The molecular weight excluding hydrogens is 284 g/mol. The molecule has 0 saturated heterocycles. The van der Waals surface area contributed by atoms with E-state index in [2.05, 4.69) is 31.4 Å². The van der Waals surface area contributed by atoms with Crippen LogP contribution in [-0.2, 0) is 0 Å². The third-order valence-corrected chi connectivity index (χ3v) is 7.71. The van der Waals surface area contributed by atoms with Crippen LogP contribution in [0.25, 0.3) is 0 Å². The van der Waals surface area contributed by atoms with Gasteiger partial charge in [-0.1, -0.05) is 19.9 Å². The van der Waals surface area contributed by atoms with E-state index in [0.29, 0.717) is 16.2 Å². The molecule has 110 valence electrons. The van der Waals surface area contributed by atoms with E-state index >= 15 is 0 Å². The van der Waals surface area contributed by atoms with Gasteiger partial charge >= 0.3 is 0 Å². The predicted octanol–water partition coefficient (Wildman–Crippen LogP) is 6.41. The van der Waals surface area contributed by atoms with Crippen molar-refractivity contribution in [3.8, 4) is 0 Å². The summed E-state index contributed by atoms with van der Waals surface area (Å²) in [5, 5.41) is 2.39. The molecule has 0 aliphatic heterocycles. The van der Waals surface area contributed by atoms with Crippen molar-refractivity contribution in [2.24, 2.45) is 22.2 Å². The van der Waals surface area contributed by atoms with Crippen molar-refractivity contribution in [3.05, 3.63) is 22.4 Å². The highest BCUT2D eigenvalue weighted by Gasteiger charge is 2.60. The Balaban J connectivity index is 1.61. The summed E-state index contributed by atoms with van der Waals surface area (Å²) in [6.45, 7) is 5.11. The molecule has 3 unspecified atom stereocenters. The van der Waals surface area contributed by atoms with Gasteiger partial charge in [0.2, 0.25) is 0 Å². The summed E-state index contributed by atoms with van der Waals surface area (Å²) >= 11 is 8.61. The maximum Gasteiger partial charge on any atom is 0.0683 e. The molecule has 4 aliphatic rings. The van der Waals surface area contributed by atoms with Crippen LogP contribution >= 0.6 is 22.9 Å². The summed E-state index contributed by atoms with van der Waals surface area (Å²) in [7, 11) is 0. The molecule has 4 saturated carbocycles. The molecule has 5 rings (SSSR count). The number of halogens is 1. The SMILES string of the molecule is CC12CC3CC(C)(C1)CC(CC(Cl)c1cccs1)(C3)C2. The molecule has 0 nitrogen and oxygen atoms in total. The second-order valence-corrected chi connectivity index (χ2v) is 10.3. The maximum absolute atomic E-state index is 6.78. The van der Waals surface area contributed by atoms with Crippen LogP contribution < -0.4 is 0 Å². The van der Waals surface area contributed by atoms with Gasteiger partial charge in [-0.3, -0.25) is 0 Å². The molecule has 3 atom stereocenters. The van der Waals surface area contributed by atoms with Crippen molar-refractivity contribution in [2.75, 3.05) is 0 Å². The summed E-state index contributed by atoms with van der Waals surface area (Å²) in [5.74, 6) is 0.980. The van der Waals surface area contributed by atoms with Crippen LogP contribution in [0.15, 0.2) is 17.5 Å². The molecule has 0 amide bonds. The Hall–Kier alpha value is -0.0100. The highest BCUT2D eigenvalue weighted by molar-refractivity contribution is 7.10. The van der Waals surface area contributed by atoms with E-state index in [1.807, 2.05) is 11.3 Å². The van der Waals surface area contributed by atoms with Crippen molar-refractivity contribution in [3.63, 3.8) is 0 Å². The van der Waals surface area contributed by atoms with Crippen molar-refractivity contribution in [1.82, 2.24) is 0 Å². The molecule has 20 heavy (non-hydrogen) atoms. The van der Waals surface area contributed by atoms with Crippen molar-refractivity contribution >= 4 is 22.9 Å². The van der Waals surface area contributed by atoms with Crippen LogP contribution in [0.3, 0.4) is 0 Å². The number of thiophene rings is 1. The zero-order valence-electron chi connectivity index (χ0n) is 12.6. The third kappa shape index (κ3) is 2.16. The van der Waals surface area contributed by atoms with Crippen LogP contribution in [0.4, 0.5) is 0 Å². The molecule has 0 aromatic carbocycles. The lowest BCUT2D eigenvalue weighted by Crippen LogP contribution is -2.55. The van der Waals surface area contributed by atoms with E-state index in [0.717, 1.165) is 5.92 Å². The Morgan fingerprint density at radius 3 is 2.45 bits per heavy atom. The number of hydrogen-bond donors (Lipinski definition) is 0. The number of hydrogen-bond acceptors (Lipinski definition) is 1. The van der Waals surface area contributed by atoms with Crippen LogP contribution in [-0.4, -0.2) is 0 Å². The van der Waals surface area contributed by atoms with Gasteiger partial charge in [-0.15, -0.1) is 22.9 Å². The molecule has 0 radical (unpaired) electrons. The highest BCUT2D eigenvalue weighted by atomic mass is 35.5. The predicted molar refractivity (Wildman–Crippen MR) is 87.4 cm³/mol. The first kappa shape index (κ1) is 13.6. The molecule has 4 bridgehead atoms. The summed E-state index contributed by atoms with van der Waals surface area (Å²) in [6.07, 6.45) is 9.95. The van der Waals surface area contributed by atoms with E-state index in [1.54, 1.807) is 0 Å². The van der Waals surface area contributed by atoms with Crippen molar-refractivity contribution < 1.29 is 0 Å². The smallest absolute Gasteiger partial charge is 0.0683 e. The molecule has 4 aliphatic carbocycles. The van der Waals surface area contributed by atoms with Gasteiger partial charge in [0, 0.05) is 4.88 Å². The first-order valence-electron chi connectivity index (χ1n) is 8.07. The van der Waals surface area contributed by atoms with Gasteiger partial charge in [0.15, 0.2) is 0 Å². The van der Waals surface area contributed by atoms with Gasteiger partial charge in [-0.05, 0) is 78.6 Å². The van der Waals surface area contributed by atoms with Gasteiger partial charge in [0.05, 0.1) is 5.38 Å². The van der Waals surface area contributed by atoms with E-state index < -0.39 is 0 Å².